The van der Waals surface area contributed by atoms with E-state index in [0.717, 1.165) is 17.3 Å². The molecule has 2 unspecified atom stereocenters. The van der Waals surface area contributed by atoms with Gasteiger partial charge < -0.3 is 9.22 Å². The maximum absolute atomic E-state index is 14.8. The molecule has 0 aromatic heterocycles. The molecule has 4 nitrogen and oxygen atoms in total. The summed E-state index contributed by atoms with van der Waals surface area (Å²) in [5, 5.41) is 0.513. The number of hydrogen-bond donors (Lipinski definition) is 0. The molecular weight excluding hydrogens is 403 g/mol. The van der Waals surface area contributed by atoms with Crippen LogP contribution in [0.15, 0.2) is 42.5 Å². The molecule has 0 spiro atoms. The first-order chi connectivity index (χ1) is 14.2. The molecule has 2 aliphatic rings. The van der Waals surface area contributed by atoms with Gasteiger partial charge in [0, 0.05) is 36.9 Å². The first-order valence-electron chi connectivity index (χ1n) is 10.5. The third-order valence-corrected chi connectivity index (χ3v) is 7.70. The Morgan fingerprint density at radius 3 is 2.77 bits per heavy atom. The lowest BCUT2D eigenvalue weighted by molar-refractivity contribution is -0.956. The third kappa shape index (κ3) is 3.48. The first-order valence-corrected chi connectivity index (χ1v) is 10.9. The van der Waals surface area contributed by atoms with Crippen molar-refractivity contribution in [1.29, 1.82) is 0 Å². The number of nitrogens with zero attached hydrogens (tertiary/aromatic N) is 2. The summed E-state index contributed by atoms with van der Waals surface area (Å²) in [7, 11) is 6.15. The molecule has 0 saturated carbocycles. The van der Waals surface area contributed by atoms with Crippen LogP contribution in [0.2, 0.25) is 5.02 Å². The van der Waals surface area contributed by atoms with Gasteiger partial charge in [0.05, 0.1) is 25.8 Å². The highest BCUT2D eigenvalue weighted by Crippen LogP contribution is 2.48. The molecule has 2 aromatic rings. The normalized spacial score (nSPS) is 24.5. The Labute approximate surface area is 182 Å². The average molecular weight is 432 g/mol. The number of rotatable bonds is 4. The van der Waals surface area contributed by atoms with Crippen LogP contribution in [-0.2, 0) is 4.74 Å². The first kappa shape index (κ1) is 21.1. The van der Waals surface area contributed by atoms with E-state index in [1.165, 1.54) is 30.2 Å². The maximum Gasteiger partial charge on any atom is 0.414 e. The van der Waals surface area contributed by atoms with Gasteiger partial charge in [0.1, 0.15) is 18.0 Å². The van der Waals surface area contributed by atoms with E-state index < -0.39 is 11.9 Å². The van der Waals surface area contributed by atoms with E-state index in [0.29, 0.717) is 34.5 Å². The number of carbonyl (C=O) groups is 1. The quantitative estimate of drug-likeness (QED) is 0.565. The lowest BCUT2D eigenvalue weighted by Gasteiger charge is -2.49. The summed E-state index contributed by atoms with van der Waals surface area (Å²) in [6.45, 7) is 0.390. The fourth-order valence-electron chi connectivity index (χ4n) is 5.40. The van der Waals surface area contributed by atoms with Crippen molar-refractivity contribution in [1.82, 2.24) is 0 Å². The Balaban J connectivity index is 1.56. The van der Waals surface area contributed by atoms with Crippen LogP contribution in [0.5, 0.6) is 0 Å². The van der Waals surface area contributed by atoms with Gasteiger partial charge >= 0.3 is 6.09 Å². The Bertz CT molecular complexity index is 960. The minimum absolute atomic E-state index is 0.0167. The van der Waals surface area contributed by atoms with E-state index in [1.54, 1.807) is 43.4 Å². The van der Waals surface area contributed by atoms with Crippen LogP contribution in [-0.4, -0.2) is 49.9 Å². The standard InChI is InChI=1S/C24H29ClFN2O2/c1-27(21-11-5-10-20(26)22(21)17-7-4-8-18(25)15-17)23(29)30-16-24-13-6-9-19(12-14-24)28(24,2)3/h4-5,7-8,10-11,15,19H,6,9,12-14,16H2,1-3H3/q+1. The summed E-state index contributed by atoms with van der Waals surface area (Å²) in [4.78, 5) is 14.4. The molecule has 2 heterocycles. The van der Waals surface area contributed by atoms with Gasteiger partial charge in [0.15, 0.2) is 0 Å². The highest BCUT2D eigenvalue weighted by molar-refractivity contribution is 6.30. The van der Waals surface area contributed by atoms with Gasteiger partial charge in [0.25, 0.3) is 0 Å². The molecule has 0 N–H and O–H groups in total. The van der Waals surface area contributed by atoms with Crippen molar-refractivity contribution < 1.29 is 18.4 Å². The van der Waals surface area contributed by atoms with Crippen molar-refractivity contribution in [3.8, 4) is 11.1 Å². The summed E-state index contributed by atoms with van der Waals surface area (Å²) in [6, 6.07) is 12.3. The van der Waals surface area contributed by atoms with E-state index >= 15 is 0 Å². The zero-order chi connectivity index (χ0) is 21.5. The van der Waals surface area contributed by atoms with Crippen LogP contribution in [0.25, 0.3) is 11.1 Å². The van der Waals surface area contributed by atoms with Crippen molar-refractivity contribution in [3.63, 3.8) is 0 Å². The molecule has 0 radical (unpaired) electrons. The van der Waals surface area contributed by atoms with Crippen LogP contribution in [0, 0.1) is 5.82 Å². The number of ether oxygens (including phenoxy) is 1. The van der Waals surface area contributed by atoms with Crippen LogP contribution < -0.4 is 4.90 Å². The Morgan fingerprint density at radius 1 is 1.23 bits per heavy atom. The summed E-state index contributed by atoms with van der Waals surface area (Å²) in [5.41, 5.74) is 1.41. The minimum atomic E-state index is -0.465. The van der Waals surface area contributed by atoms with Crippen LogP contribution in [0.1, 0.15) is 32.1 Å². The summed E-state index contributed by atoms with van der Waals surface area (Å²) >= 11 is 6.11. The van der Waals surface area contributed by atoms with E-state index in [4.69, 9.17) is 16.3 Å². The Hall–Kier alpha value is -2.11. The van der Waals surface area contributed by atoms with Gasteiger partial charge in [-0.3, -0.25) is 4.90 Å². The van der Waals surface area contributed by atoms with E-state index in [1.807, 2.05) is 0 Å². The van der Waals surface area contributed by atoms with Gasteiger partial charge in [-0.05, 0) is 42.7 Å². The largest absolute Gasteiger partial charge is 0.443 e. The topological polar surface area (TPSA) is 29.5 Å². The molecule has 160 valence electrons. The SMILES string of the molecule is CN(C(=O)OCC12CCCC(CC1)[N+]2(C)C)c1cccc(F)c1-c1cccc(Cl)c1. The van der Waals surface area contributed by atoms with Gasteiger partial charge in [-0.1, -0.05) is 29.8 Å². The fourth-order valence-corrected chi connectivity index (χ4v) is 5.59. The van der Waals surface area contributed by atoms with E-state index in [-0.39, 0.29) is 5.54 Å². The van der Waals surface area contributed by atoms with Crippen molar-refractivity contribution in [2.24, 2.45) is 0 Å². The lowest BCUT2D eigenvalue weighted by atomic mass is 9.87. The number of piperidine rings is 1. The monoisotopic (exact) mass is 431 g/mol. The number of amides is 1. The molecule has 2 atom stereocenters. The number of carbonyl (C=O) groups excluding carboxylic acids is 1. The zero-order valence-electron chi connectivity index (χ0n) is 17.8. The number of fused-ring (bicyclic) bond motifs is 2. The number of likely N-dealkylation sites (N-methyl/N-ethyl adjacent to an activating group) is 1. The van der Waals surface area contributed by atoms with Crippen LogP contribution in [0.3, 0.4) is 0 Å². The van der Waals surface area contributed by atoms with Crippen molar-refractivity contribution >= 4 is 23.4 Å². The zero-order valence-corrected chi connectivity index (χ0v) is 18.6. The van der Waals surface area contributed by atoms with E-state index in [9.17, 15) is 9.18 Å². The molecule has 2 saturated heterocycles. The van der Waals surface area contributed by atoms with Crippen molar-refractivity contribution in [2.45, 2.75) is 43.7 Å². The Morgan fingerprint density at radius 2 is 2.00 bits per heavy atom. The molecule has 30 heavy (non-hydrogen) atoms. The number of hydrogen-bond acceptors (Lipinski definition) is 2. The van der Waals surface area contributed by atoms with Crippen LogP contribution >= 0.6 is 11.6 Å². The summed E-state index contributed by atoms with van der Waals surface area (Å²) in [6.07, 6.45) is 5.30. The summed E-state index contributed by atoms with van der Waals surface area (Å²) < 4.78 is 21.5. The van der Waals surface area contributed by atoms with Crippen molar-refractivity contribution in [2.75, 3.05) is 32.6 Å². The molecule has 4 rings (SSSR count). The third-order valence-electron chi connectivity index (χ3n) is 7.46. The van der Waals surface area contributed by atoms with Gasteiger partial charge in [0.2, 0.25) is 0 Å². The lowest BCUT2D eigenvalue weighted by Crippen LogP contribution is -2.63. The molecule has 2 aromatic carbocycles. The molecule has 2 fully saturated rings. The maximum atomic E-state index is 14.8. The summed E-state index contributed by atoms with van der Waals surface area (Å²) in [5.74, 6) is -0.406. The predicted octanol–water partition coefficient (Wildman–Crippen LogP) is 5.88. The minimum Gasteiger partial charge on any atom is -0.443 e. The number of anilines is 1. The second kappa shape index (κ2) is 7.86. The van der Waals surface area contributed by atoms with Gasteiger partial charge in [-0.25, -0.2) is 9.18 Å². The Kier molecular flexibility index (Phi) is 5.54. The molecule has 6 heteroatoms. The van der Waals surface area contributed by atoms with Gasteiger partial charge in [-0.2, -0.15) is 0 Å². The van der Waals surface area contributed by atoms with Crippen LogP contribution in [0.4, 0.5) is 14.9 Å². The number of halogens is 2. The molecule has 2 aliphatic heterocycles. The predicted molar refractivity (Wildman–Crippen MR) is 118 cm³/mol. The highest BCUT2D eigenvalue weighted by Gasteiger charge is 2.58. The second-order valence-corrected chi connectivity index (χ2v) is 9.54. The number of benzene rings is 2. The highest BCUT2D eigenvalue weighted by atomic mass is 35.5. The molecule has 2 bridgehead atoms. The smallest absolute Gasteiger partial charge is 0.414 e. The van der Waals surface area contributed by atoms with E-state index in [2.05, 4.69) is 14.1 Å². The fraction of sp³-hybridized carbons (Fsp3) is 0.458. The van der Waals surface area contributed by atoms with Gasteiger partial charge in [-0.15, -0.1) is 0 Å². The second-order valence-electron chi connectivity index (χ2n) is 9.11. The number of quaternary nitrogens is 1. The molecule has 1 amide bonds. The van der Waals surface area contributed by atoms with Crippen molar-refractivity contribution in [3.05, 3.63) is 53.3 Å². The molecular formula is C24H29ClFN2O2+. The average Bonchev–Trinajstić information content (AvgIpc) is 2.87. The molecule has 0 aliphatic carbocycles.